The molecule has 2 unspecified atom stereocenters. The van der Waals surface area contributed by atoms with Crippen LogP contribution in [0.5, 0.6) is 11.5 Å². The molecule has 2 atom stereocenters. The zero-order valence-electron chi connectivity index (χ0n) is 12.5. The Bertz CT molecular complexity index is 594. The molecule has 3 rings (SSSR count). The molecule has 2 aromatic carbocycles. The molecule has 0 bridgehead atoms. The smallest absolute Gasteiger partial charge is 0.124 e. The van der Waals surface area contributed by atoms with E-state index in [1.807, 2.05) is 31.2 Å². The van der Waals surface area contributed by atoms with Crippen LogP contribution in [0.2, 0.25) is 0 Å². The summed E-state index contributed by atoms with van der Waals surface area (Å²) in [5, 5.41) is 3.62. The minimum atomic E-state index is 0.271. The maximum Gasteiger partial charge on any atom is 0.124 e. The van der Waals surface area contributed by atoms with Crippen LogP contribution in [0.1, 0.15) is 25.5 Å². The van der Waals surface area contributed by atoms with Crippen molar-refractivity contribution >= 4 is 5.69 Å². The van der Waals surface area contributed by atoms with Gasteiger partial charge in [-0.25, -0.2) is 0 Å². The van der Waals surface area contributed by atoms with Gasteiger partial charge in [-0.1, -0.05) is 25.1 Å². The standard InChI is InChI=1S/C18H21NO2/c1-3-20-15-10-8-14(9-11-15)19-18-13(2)12-21-17-7-5-4-6-16(17)18/h4-11,13,18-19H,3,12H2,1-2H3. The Balaban J connectivity index is 1.80. The van der Waals surface area contributed by atoms with Gasteiger partial charge in [0.15, 0.2) is 0 Å². The monoisotopic (exact) mass is 283 g/mol. The van der Waals surface area contributed by atoms with Crippen LogP contribution in [0.25, 0.3) is 0 Å². The lowest BCUT2D eigenvalue weighted by atomic mass is 9.92. The molecule has 0 radical (unpaired) electrons. The molecule has 0 amide bonds. The van der Waals surface area contributed by atoms with Crippen LogP contribution in [-0.4, -0.2) is 13.2 Å². The third-order valence-corrected chi connectivity index (χ3v) is 3.81. The number of nitrogens with one attached hydrogen (secondary N) is 1. The Morgan fingerprint density at radius 3 is 2.67 bits per heavy atom. The Kier molecular flexibility index (Phi) is 4.00. The Morgan fingerprint density at radius 1 is 1.14 bits per heavy atom. The fourth-order valence-corrected chi connectivity index (χ4v) is 2.71. The SMILES string of the molecule is CCOc1ccc(NC2c3ccccc3OCC2C)cc1. The molecule has 1 aliphatic heterocycles. The highest BCUT2D eigenvalue weighted by Gasteiger charge is 2.27. The van der Waals surface area contributed by atoms with Gasteiger partial charge in [0, 0.05) is 17.2 Å². The molecule has 0 aromatic heterocycles. The average molecular weight is 283 g/mol. The summed E-state index contributed by atoms with van der Waals surface area (Å²) in [4.78, 5) is 0. The Morgan fingerprint density at radius 2 is 1.90 bits per heavy atom. The van der Waals surface area contributed by atoms with Gasteiger partial charge in [0.2, 0.25) is 0 Å². The lowest BCUT2D eigenvalue weighted by Gasteiger charge is -2.32. The minimum absolute atomic E-state index is 0.271. The number of fused-ring (bicyclic) bond motifs is 1. The number of benzene rings is 2. The summed E-state index contributed by atoms with van der Waals surface area (Å²) in [6.45, 7) is 5.64. The summed E-state index contributed by atoms with van der Waals surface area (Å²) in [5.41, 5.74) is 2.33. The summed E-state index contributed by atoms with van der Waals surface area (Å²) >= 11 is 0. The van der Waals surface area contributed by atoms with Crippen molar-refractivity contribution in [1.82, 2.24) is 0 Å². The lowest BCUT2D eigenvalue weighted by molar-refractivity contribution is 0.214. The summed E-state index contributed by atoms with van der Waals surface area (Å²) in [6, 6.07) is 16.7. The molecular weight excluding hydrogens is 262 g/mol. The highest BCUT2D eigenvalue weighted by molar-refractivity contribution is 5.50. The van der Waals surface area contributed by atoms with Gasteiger partial charge < -0.3 is 14.8 Å². The lowest BCUT2D eigenvalue weighted by Crippen LogP contribution is -2.28. The molecule has 1 aliphatic rings. The van der Waals surface area contributed by atoms with E-state index in [1.54, 1.807) is 0 Å². The van der Waals surface area contributed by atoms with Gasteiger partial charge in [0.05, 0.1) is 19.3 Å². The molecule has 1 heterocycles. The minimum Gasteiger partial charge on any atom is -0.494 e. The fourth-order valence-electron chi connectivity index (χ4n) is 2.71. The van der Waals surface area contributed by atoms with Gasteiger partial charge in [-0.15, -0.1) is 0 Å². The molecule has 0 saturated carbocycles. The van der Waals surface area contributed by atoms with Gasteiger partial charge in [0.25, 0.3) is 0 Å². The van der Waals surface area contributed by atoms with Crippen molar-refractivity contribution in [3.63, 3.8) is 0 Å². The molecule has 3 nitrogen and oxygen atoms in total. The first-order valence-corrected chi connectivity index (χ1v) is 7.49. The van der Waals surface area contributed by atoms with Crippen molar-refractivity contribution in [3.8, 4) is 11.5 Å². The molecule has 0 saturated heterocycles. The second kappa shape index (κ2) is 6.08. The Labute approximate surface area is 125 Å². The molecule has 3 heteroatoms. The van der Waals surface area contributed by atoms with E-state index >= 15 is 0 Å². The summed E-state index contributed by atoms with van der Waals surface area (Å²) < 4.78 is 11.3. The normalized spacial score (nSPS) is 20.3. The van der Waals surface area contributed by atoms with Gasteiger partial charge in [-0.05, 0) is 37.3 Å². The maximum atomic E-state index is 5.79. The van der Waals surface area contributed by atoms with Gasteiger partial charge >= 0.3 is 0 Å². The second-order valence-corrected chi connectivity index (χ2v) is 5.41. The first kappa shape index (κ1) is 13.8. The number of anilines is 1. The average Bonchev–Trinajstić information content (AvgIpc) is 2.52. The van der Waals surface area contributed by atoms with E-state index in [0.29, 0.717) is 12.5 Å². The van der Waals surface area contributed by atoms with Crippen LogP contribution in [0.15, 0.2) is 48.5 Å². The van der Waals surface area contributed by atoms with Crippen molar-refractivity contribution in [1.29, 1.82) is 0 Å². The van der Waals surface area contributed by atoms with E-state index in [2.05, 4.69) is 36.5 Å². The van der Waals surface area contributed by atoms with Crippen molar-refractivity contribution in [2.24, 2.45) is 5.92 Å². The summed E-state index contributed by atoms with van der Waals surface area (Å²) in [6.07, 6.45) is 0. The quantitative estimate of drug-likeness (QED) is 0.909. The van der Waals surface area contributed by atoms with Crippen molar-refractivity contribution in [3.05, 3.63) is 54.1 Å². The number of rotatable bonds is 4. The summed E-state index contributed by atoms with van der Waals surface area (Å²) in [7, 11) is 0. The largest absolute Gasteiger partial charge is 0.494 e. The third-order valence-electron chi connectivity index (χ3n) is 3.81. The van der Waals surface area contributed by atoms with Gasteiger partial charge in [-0.3, -0.25) is 0 Å². The molecule has 21 heavy (non-hydrogen) atoms. The van der Waals surface area contributed by atoms with Crippen LogP contribution in [0, 0.1) is 5.92 Å². The highest BCUT2D eigenvalue weighted by Crippen LogP contribution is 2.37. The molecule has 0 aliphatic carbocycles. The number of hydrogen-bond donors (Lipinski definition) is 1. The van der Waals surface area contributed by atoms with Crippen LogP contribution in [-0.2, 0) is 0 Å². The topological polar surface area (TPSA) is 30.5 Å². The zero-order valence-corrected chi connectivity index (χ0v) is 12.5. The van der Waals surface area contributed by atoms with Crippen molar-refractivity contribution in [2.75, 3.05) is 18.5 Å². The molecule has 0 fully saturated rings. The summed E-state index contributed by atoms with van der Waals surface area (Å²) in [5.74, 6) is 2.31. The van der Waals surface area contributed by atoms with Crippen molar-refractivity contribution < 1.29 is 9.47 Å². The maximum absolute atomic E-state index is 5.79. The molecule has 1 N–H and O–H groups in total. The number of hydrogen-bond acceptors (Lipinski definition) is 3. The van der Waals surface area contributed by atoms with E-state index in [4.69, 9.17) is 9.47 Å². The number of ether oxygens (including phenoxy) is 2. The zero-order chi connectivity index (χ0) is 14.7. The van der Waals surface area contributed by atoms with Crippen LogP contribution in [0.4, 0.5) is 5.69 Å². The Hall–Kier alpha value is -2.16. The van der Waals surface area contributed by atoms with Gasteiger partial charge in [-0.2, -0.15) is 0 Å². The van der Waals surface area contributed by atoms with E-state index in [-0.39, 0.29) is 6.04 Å². The molecule has 110 valence electrons. The molecule has 2 aromatic rings. The first-order valence-electron chi connectivity index (χ1n) is 7.49. The van der Waals surface area contributed by atoms with E-state index in [0.717, 1.165) is 23.8 Å². The van der Waals surface area contributed by atoms with Crippen LogP contribution >= 0.6 is 0 Å². The second-order valence-electron chi connectivity index (χ2n) is 5.41. The van der Waals surface area contributed by atoms with Crippen molar-refractivity contribution in [2.45, 2.75) is 19.9 Å². The molecular formula is C18H21NO2. The van der Waals surface area contributed by atoms with E-state index in [1.165, 1.54) is 5.56 Å². The van der Waals surface area contributed by atoms with E-state index < -0.39 is 0 Å². The third kappa shape index (κ3) is 2.97. The van der Waals surface area contributed by atoms with Gasteiger partial charge in [0.1, 0.15) is 11.5 Å². The van der Waals surface area contributed by atoms with E-state index in [9.17, 15) is 0 Å². The predicted octanol–water partition coefficient (Wildman–Crippen LogP) is 4.27. The predicted molar refractivity (Wildman–Crippen MR) is 85.1 cm³/mol. The van der Waals surface area contributed by atoms with Crippen LogP contribution in [0.3, 0.4) is 0 Å². The highest BCUT2D eigenvalue weighted by atomic mass is 16.5. The van der Waals surface area contributed by atoms with Crippen LogP contribution < -0.4 is 14.8 Å². The fraction of sp³-hybridized carbons (Fsp3) is 0.333. The first-order chi connectivity index (χ1) is 10.3. The molecule has 0 spiro atoms. The number of para-hydroxylation sites is 1.